The molecule has 1 heterocycles. The number of nitrogens with one attached hydrogen (secondary N) is 3. The summed E-state index contributed by atoms with van der Waals surface area (Å²) in [7, 11) is 0. The molecule has 2 amide bonds. The summed E-state index contributed by atoms with van der Waals surface area (Å²) in [6, 6.07) is 14.0. The Hall–Kier alpha value is -2.07. The smallest absolute Gasteiger partial charge is 0.319 e. The molecule has 1 saturated heterocycles. The van der Waals surface area contributed by atoms with Gasteiger partial charge in [0.2, 0.25) is 0 Å². The second-order valence-corrected chi connectivity index (χ2v) is 4.81. The molecule has 0 bridgehead atoms. The van der Waals surface area contributed by atoms with Crippen molar-refractivity contribution in [1.29, 1.82) is 0 Å². The maximum atomic E-state index is 12.0. The molecule has 98 valence electrons. The lowest BCUT2D eigenvalue weighted by Gasteiger charge is -2.13. The lowest BCUT2D eigenvalue weighted by molar-refractivity contribution is 0.249. The van der Waals surface area contributed by atoms with E-state index in [1.807, 2.05) is 42.5 Å². The van der Waals surface area contributed by atoms with E-state index in [9.17, 15) is 4.79 Å². The minimum atomic E-state index is -0.134. The molecule has 4 nitrogen and oxygen atoms in total. The Morgan fingerprint density at radius 2 is 2.00 bits per heavy atom. The maximum Gasteiger partial charge on any atom is 0.319 e. The van der Waals surface area contributed by atoms with Gasteiger partial charge in [0.1, 0.15) is 0 Å². The Bertz CT molecular complexity index is 585. The predicted molar refractivity (Wildman–Crippen MR) is 77.4 cm³/mol. The molecule has 0 aliphatic carbocycles. The topological polar surface area (TPSA) is 53.2 Å². The molecule has 0 radical (unpaired) electrons. The van der Waals surface area contributed by atoms with Crippen LogP contribution in [-0.2, 0) is 0 Å². The molecule has 19 heavy (non-hydrogen) atoms. The Labute approximate surface area is 112 Å². The number of fused-ring (bicyclic) bond motifs is 1. The summed E-state index contributed by atoms with van der Waals surface area (Å²) < 4.78 is 0. The van der Waals surface area contributed by atoms with Crippen molar-refractivity contribution in [3.63, 3.8) is 0 Å². The summed E-state index contributed by atoms with van der Waals surface area (Å²) in [4.78, 5) is 12.0. The van der Waals surface area contributed by atoms with Crippen molar-refractivity contribution in [3.05, 3.63) is 42.5 Å². The molecular weight excluding hydrogens is 238 g/mol. The van der Waals surface area contributed by atoms with Crippen LogP contribution >= 0.6 is 0 Å². The zero-order valence-corrected chi connectivity index (χ0v) is 10.6. The first-order chi connectivity index (χ1) is 9.33. The highest BCUT2D eigenvalue weighted by Crippen LogP contribution is 2.22. The molecule has 2 aromatic carbocycles. The van der Waals surface area contributed by atoms with Crippen LogP contribution in [0.15, 0.2) is 42.5 Å². The van der Waals surface area contributed by atoms with Crippen molar-refractivity contribution in [2.45, 2.75) is 12.5 Å². The SMILES string of the molecule is O=C(Nc1cccc2ccccc12)N[C@@H]1CCNC1. The quantitative estimate of drug-likeness (QED) is 0.771. The summed E-state index contributed by atoms with van der Waals surface area (Å²) in [5.74, 6) is 0. The molecule has 4 heteroatoms. The summed E-state index contributed by atoms with van der Waals surface area (Å²) in [5, 5.41) is 11.3. The first kappa shape index (κ1) is 12.0. The average Bonchev–Trinajstić information content (AvgIpc) is 2.92. The zero-order chi connectivity index (χ0) is 13.1. The van der Waals surface area contributed by atoms with Gasteiger partial charge in [-0.15, -0.1) is 0 Å². The molecule has 0 aromatic heterocycles. The number of hydrogen-bond donors (Lipinski definition) is 3. The minimum Gasteiger partial charge on any atom is -0.334 e. The van der Waals surface area contributed by atoms with Gasteiger partial charge in [0.25, 0.3) is 0 Å². The number of urea groups is 1. The van der Waals surface area contributed by atoms with Crippen LogP contribution in [0.4, 0.5) is 10.5 Å². The highest BCUT2D eigenvalue weighted by atomic mass is 16.2. The minimum absolute atomic E-state index is 0.134. The van der Waals surface area contributed by atoms with Gasteiger partial charge in [0, 0.05) is 18.0 Å². The Balaban J connectivity index is 1.75. The number of benzene rings is 2. The van der Waals surface area contributed by atoms with E-state index >= 15 is 0 Å². The van der Waals surface area contributed by atoms with Gasteiger partial charge in [-0.05, 0) is 24.4 Å². The van der Waals surface area contributed by atoms with Gasteiger partial charge in [-0.25, -0.2) is 4.79 Å². The summed E-state index contributed by atoms with van der Waals surface area (Å²) in [6.07, 6.45) is 0.989. The van der Waals surface area contributed by atoms with Gasteiger partial charge in [-0.2, -0.15) is 0 Å². The van der Waals surface area contributed by atoms with Crippen molar-refractivity contribution in [1.82, 2.24) is 10.6 Å². The third kappa shape index (κ3) is 2.69. The Morgan fingerprint density at radius 3 is 2.84 bits per heavy atom. The summed E-state index contributed by atoms with van der Waals surface area (Å²) in [6.45, 7) is 1.82. The number of anilines is 1. The zero-order valence-electron chi connectivity index (χ0n) is 10.6. The fourth-order valence-electron chi connectivity index (χ4n) is 2.46. The second kappa shape index (κ2) is 5.28. The third-order valence-electron chi connectivity index (χ3n) is 3.43. The number of hydrogen-bond acceptors (Lipinski definition) is 2. The van der Waals surface area contributed by atoms with Crippen LogP contribution in [0.2, 0.25) is 0 Å². The standard InChI is InChI=1S/C15H17N3O/c19-15(17-12-8-9-16-10-12)18-14-7-3-5-11-4-1-2-6-13(11)14/h1-7,12,16H,8-10H2,(H2,17,18,19)/t12-/m1/s1. The summed E-state index contributed by atoms with van der Waals surface area (Å²) >= 11 is 0. The van der Waals surface area contributed by atoms with E-state index < -0.39 is 0 Å². The van der Waals surface area contributed by atoms with Gasteiger partial charge >= 0.3 is 6.03 Å². The summed E-state index contributed by atoms with van der Waals surface area (Å²) in [5.41, 5.74) is 0.849. The number of carbonyl (C=O) groups is 1. The second-order valence-electron chi connectivity index (χ2n) is 4.81. The molecule has 3 N–H and O–H groups in total. The van der Waals surface area contributed by atoms with E-state index in [0.29, 0.717) is 0 Å². The monoisotopic (exact) mass is 255 g/mol. The van der Waals surface area contributed by atoms with Crippen molar-refractivity contribution in [3.8, 4) is 0 Å². The van der Waals surface area contributed by atoms with Gasteiger partial charge in [-0.1, -0.05) is 36.4 Å². The Morgan fingerprint density at radius 1 is 1.16 bits per heavy atom. The van der Waals surface area contributed by atoms with Crippen LogP contribution in [0.5, 0.6) is 0 Å². The van der Waals surface area contributed by atoms with Crippen molar-refractivity contribution >= 4 is 22.5 Å². The van der Waals surface area contributed by atoms with Crippen molar-refractivity contribution < 1.29 is 4.79 Å². The fourth-order valence-corrected chi connectivity index (χ4v) is 2.46. The lowest BCUT2D eigenvalue weighted by atomic mass is 10.1. The molecule has 2 aromatic rings. The average molecular weight is 255 g/mol. The molecule has 0 unspecified atom stereocenters. The largest absolute Gasteiger partial charge is 0.334 e. The number of carbonyl (C=O) groups excluding carboxylic acids is 1. The van der Waals surface area contributed by atoms with Gasteiger partial charge in [-0.3, -0.25) is 0 Å². The molecule has 0 saturated carbocycles. The predicted octanol–water partition coefficient (Wildman–Crippen LogP) is 2.32. The van der Waals surface area contributed by atoms with Crippen LogP contribution < -0.4 is 16.0 Å². The third-order valence-corrected chi connectivity index (χ3v) is 3.43. The van der Waals surface area contributed by atoms with E-state index in [1.54, 1.807) is 0 Å². The van der Waals surface area contributed by atoms with Crippen LogP contribution in [-0.4, -0.2) is 25.2 Å². The molecule has 1 aliphatic heterocycles. The van der Waals surface area contributed by atoms with Crippen LogP contribution in [0.1, 0.15) is 6.42 Å². The molecule has 0 spiro atoms. The first-order valence-corrected chi connectivity index (χ1v) is 6.59. The normalized spacial score (nSPS) is 18.4. The van der Waals surface area contributed by atoms with Gasteiger partial charge < -0.3 is 16.0 Å². The molecule has 1 atom stereocenters. The van der Waals surface area contributed by atoms with Crippen LogP contribution in [0.25, 0.3) is 10.8 Å². The molecular formula is C15H17N3O. The van der Waals surface area contributed by atoms with E-state index in [4.69, 9.17) is 0 Å². The highest BCUT2D eigenvalue weighted by molar-refractivity contribution is 6.01. The van der Waals surface area contributed by atoms with Crippen molar-refractivity contribution in [2.24, 2.45) is 0 Å². The number of amides is 2. The van der Waals surface area contributed by atoms with E-state index in [0.717, 1.165) is 36.0 Å². The van der Waals surface area contributed by atoms with Crippen LogP contribution in [0, 0.1) is 0 Å². The lowest BCUT2D eigenvalue weighted by Crippen LogP contribution is -2.39. The first-order valence-electron chi connectivity index (χ1n) is 6.59. The molecule has 1 fully saturated rings. The molecule has 3 rings (SSSR count). The van der Waals surface area contributed by atoms with Gasteiger partial charge in [0.05, 0.1) is 5.69 Å². The highest BCUT2D eigenvalue weighted by Gasteiger charge is 2.16. The fraction of sp³-hybridized carbons (Fsp3) is 0.267. The van der Waals surface area contributed by atoms with Crippen molar-refractivity contribution in [2.75, 3.05) is 18.4 Å². The maximum absolute atomic E-state index is 12.0. The van der Waals surface area contributed by atoms with Gasteiger partial charge in [0.15, 0.2) is 0 Å². The number of rotatable bonds is 2. The van der Waals surface area contributed by atoms with E-state index in [1.165, 1.54) is 0 Å². The van der Waals surface area contributed by atoms with E-state index in [-0.39, 0.29) is 12.1 Å². The Kier molecular flexibility index (Phi) is 3.33. The van der Waals surface area contributed by atoms with E-state index in [2.05, 4.69) is 16.0 Å². The van der Waals surface area contributed by atoms with Crippen LogP contribution in [0.3, 0.4) is 0 Å². The molecule has 1 aliphatic rings.